The molecule has 0 unspecified atom stereocenters. The van der Waals surface area contributed by atoms with Crippen molar-refractivity contribution in [3.05, 3.63) is 77.3 Å². The zero-order valence-corrected chi connectivity index (χ0v) is 15.5. The van der Waals surface area contributed by atoms with Crippen molar-refractivity contribution in [1.29, 1.82) is 0 Å². The number of nitrogens with zero attached hydrogens (tertiary/aromatic N) is 3. The van der Waals surface area contributed by atoms with Crippen molar-refractivity contribution in [2.24, 2.45) is 0 Å². The molecule has 0 aliphatic heterocycles. The van der Waals surface area contributed by atoms with Gasteiger partial charge in [-0.15, -0.1) is 0 Å². The highest BCUT2D eigenvalue weighted by Gasteiger charge is 2.13. The summed E-state index contributed by atoms with van der Waals surface area (Å²) >= 11 is 0. The van der Waals surface area contributed by atoms with Crippen LogP contribution in [0.4, 0.5) is 4.39 Å². The molecule has 1 aromatic carbocycles. The molecule has 0 saturated heterocycles. The number of halogens is 1. The van der Waals surface area contributed by atoms with Crippen LogP contribution in [0.15, 0.2) is 49.1 Å². The molecule has 4 rings (SSSR count). The van der Waals surface area contributed by atoms with Crippen LogP contribution in [0.1, 0.15) is 27.2 Å². The molecule has 2 N–H and O–H groups in total. The minimum absolute atomic E-state index is 0.208. The molecule has 0 saturated carbocycles. The summed E-state index contributed by atoms with van der Waals surface area (Å²) in [6.45, 7) is 4.15. The van der Waals surface area contributed by atoms with Crippen molar-refractivity contribution >= 4 is 16.8 Å². The fourth-order valence-electron chi connectivity index (χ4n) is 3.15. The number of rotatable bonds is 4. The molecule has 4 aromatic rings. The van der Waals surface area contributed by atoms with Crippen molar-refractivity contribution in [2.45, 2.75) is 20.4 Å². The molecular weight excluding hydrogens is 357 g/mol. The summed E-state index contributed by atoms with van der Waals surface area (Å²) in [7, 11) is 0. The summed E-state index contributed by atoms with van der Waals surface area (Å²) < 4.78 is 13.1. The van der Waals surface area contributed by atoms with Crippen molar-refractivity contribution in [3.8, 4) is 11.4 Å². The normalized spacial score (nSPS) is 11.0. The molecule has 0 aliphatic rings. The third-order valence-corrected chi connectivity index (χ3v) is 4.72. The number of fused-ring (bicyclic) bond motifs is 1. The number of hydrogen-bond donors (Lipinski definition) is 2. The van der Waals surface area contributed by atoms with Crippen LogP contribution in [0, 0.1) is 19.7 Å². The Morgan fingerprint density at radius 2 is 2.00 bits per heavy atom. The van der Waals surface area contributed by atoms with E-state index in [1.807, 2.05) is 25.1 Å². The molecule has 0 spiro atoms. The molecule has 28 heavy (non-hydrogen) atoms. The fourth-order valence-corrected chi connectivity index (χ4v) is 3.15. The Morgan fingerprint density at radius 1 is 1.14 bits per heavy atom. The minimum atomic E-state index is -0.366. The molecule has 6 nitrogen and oxygen atoms in total. The lowest BCUT2D eigenvalue weighted by atomic mass is 10.1. The topological polar surface area (TPSA) is 83.6 Å². The second-order valence-electron chi connectivity index (χ2n) is 6.57. The molecule has 0 radical (unpaired) electrons. The van der Waals surface area contributed by atoms with Crippen LogP contribution in [0.3, 0.4) is 0 Å². The zero-order valence-electron chi connectivity index (χ0n) is 15.5. The lowest BCUT2D eigenvalue weighted by Crippen LogP contribution is -2.24. The molecule has 3 heterocycles. The fraction of sp³-hybridized carbons (Fsp3) is 0.143. The van der Waals surface area contributed by atoms with E-state index in [0.717, 1.165) is 27.7 Å². The van der Waals surface area contributed by atoms with Gasteiger partial charge in [0.2, 0.25) is 0 Å². The summed E-state index contributed by atoms with van der Waals surface area (Å²) in [5, 5.41) is 3.94. The van der Waals surface area contributed by atoms with Crippen LogP contribution >= 0.6 is 0 Å². The Hall–Kier alpha value is -3.61. The van der Waals surface area contributed by atoms with E-state index < -0.39 is 0 Å². The monoisotopic (exact) mass is 375 g/mol. The number of carbonyl (C=O) groups is 1. The van der Waals surface area contributed by atoms with Crippen LogP contribution < -0.4 is 5.32 Å². The van der Waals surface area contributed by atoms with Crippen molar-refractivity contribution in [1.82, 2.24) is 25.3 Å². The van der Waals surface area contributed by atoms with Gasteiger partial charge in [-0.1, -0.05) is 6.07 Å². The van der Waals surface area contributed by atoms with Crippen molar-refractivity contribution in [3.63, 3.8) is 0 Å². The van der Waals surface area contributed by atoms with E-state index in [1.165, 1.54) is 24.8 Å². The van der Waals surface area contributed by atoms with Gasteiger partial charge in [-0.3, -0.25) is 9.78 Å². The van der Waals surface area contributed by atoms with Crippen LogP contribution in [0.5, 0.6) is 0 Å². The van der Waals surface area contributed by atoms with Gasteiger partial charge in [0.15, 0.2) is 0 Å². The van der Waals surface area contributed by atoms with E-state index >= 15 is 0 Å². The number of carbonyl (C=O) groups excluding carboxylic acids is 1. The number of amides is 1. The maximum Gasteiger partial charge on any atom is 0.254 e. The van der Waals surface area contributed by atoms with Gasteiger partial charge in [0.05, 0.1) is 28.8 Å². The van der Waals surface area contributed by atoms with Gasteiger partial charge in [0.1, 0.15) is 12.1 Å². The van der Waals surface area contributed by atoms with E-state index in [2.05, 4.69) is 25.3 Å². The quantitative estimate of drug-likeness (QED) is 0.570. The first-order chi connectivity index (χ1) is 13.5. The maximum absolute atomic E-state index is 13.1. The average molecular weight is 375 g/mol. The Balaban J connectivity index is 1.58. The first-order valence-electron chi connectivity index (χ1n) is 8.81. The first-order valence-corrected chi connectivity index (χ1v) is 8.81. The summed E-state index contributed by atoms with van der Waals surface area (Å²) in [6, 6.07) is 8.99. The molecular formula is C21H18FN5O. The van der Waals surface area contributed by atoms with Gasteiger partial charge in [-0.25, -0.2) is 14.4 Å². The number of aromatic amines is 1. The first kappa shape index (κ1) is 17.8. The second-order valence-corrected chi connectivity index (χ2v) is 6.57. The Morgan fingerprint density at radius 3 is 2.75 bits per heavy atom. The minimum Gasteiger partial charge on any atom is -0.353 e. The van der Waals surface area contributed by atoms with Crippen LogP contribution in [0.25, 0.3) is 22.3 Å². The van der Waals surface area contributed by atoms with Crippen molar-refractivity contribution in [2.75, 3.05) is 0 Å². The maximum atomic E-state index is 13.1. The van der Waals surface area contributed by atoms with Gasteiger partial charge in [-0.05, 0) is 49.2 Å². The number of nitrogens with one attached hydrogen (secondary N) is 2. The molecule has 0 bridgehead atoms. The van der Waals surface area contributed by atoms with Crippen molar-refractivity contribution < 1.29 is 9.18 Å². The molecule has 0 aliphatic carbocycles. The van der Waals surface area contributed by atoms with E-state index in [1.54, 1.807) is 13.0 Å². The summed E-state index contributed by atoms with van der Waals surface area (Å²) in [5.41, 5.74) is 5.59. The van der Waals surface area contributed by atoms with Gasteiger partial charge in [-0.2, -0.15) is 0 Å². The number of aromatic nitrogens is 4. The largest absolute Gasteiger partial charge is 0.353 e. The number of aryl methyl sites for hydroxylation is 2. The summed E-state index contributed by atoms with van der Waals surface area (Å²) in [4.78, 5) is 27.8. The molecule has 1 amide bonds. The second kappa shape index (κ2) is 7.19. The number of benzene rings is 1. The third-order valence-electron chi connectivity index (χ3n) is 4.72. The van der Waals surface area contributed by atoms with E-state index in [0.29, 0.717) is 23.5 Å². The number of H-pyrrole nitrogens is 1. The highest BCUT2D eigenvalue weighted by atomic mass is 19.1. The summed E-state index contributed by atoms with van der Waals surface area (Å²) in [6.07, 6.45) is 4.14. The SMILES string of the molecule is Cc1ncncc1C(=O)NCc1ccc2[nH]c(-c3ccc(F)cn3)c(C)c2c1. The highest BCUT2D eigenvalue weighted by Crippen LogP contribution is 2.29. The molecule has 3 aromatic heterocycles. The molecule has 0 fully saturated rings. The lowest BCUT2D eigenvalue weighted by molar-refractivity contribution is 0.0949. The van der Waals surface area contributed by atoms with Crippen LogP contribution in [0.2, 0.25) is 0 Å². The van der Waals surface area contributed by atoms with E-state index in [-0.39, 0.29) is 11.7 Å². The average Bonchev–Trinajstić information content (AvgIpc) is 3.03. The number of hydrogen-bond acceptors (Lipinski definition) is 4. The lowest BCUT2D eigenvalue weighted by Gasteiger charge is -2.07. The van der Waals surface area contributed by atoms with E-state index in [4.69, 9.17) is 0 Å². The van der Waals surface area contributed by atoms with Gasteiger partial charge >= 0.3 is 0 Å². The summed E-state index contributed by atoms with van der Waals surface area (Å²) in [5.74, 6) is -0.574. The smallest absolute Gasteiger partial charge is 0.254 e. The van der Waals surface area contributed by atoms with Crippen LogP contribution in [-0.2, 0) is 6.54 Å². The Bertz CT molecular complexity index is 1170. The Labute approximate surface area is 160 Å². The van der Waals surface area contributed by atoms with Gasteiger partial charge in [0.25, 0.3) is 5.91 Å². The molecule has 0 atom stereocenters. The van der Waals surface area contributed by atoms with Gasteiger partial charge < -0.3 is 10.3 Å². The number of pyridine rings is 1. The van der Waals surface area contributed by atoms with E-state index in [9.17, 15) is 9.18 Å². The predicted molar refractivity (Wildman–Crippen MR) is 104 cm³/mol. The molecule has 7 heteroatoms. The highest BCUT2D eigenvalue weighted by molar-refractivity contribution is 5.95. The third kappa shape index (κ3) is 3.34. The molecule has 140 valence electrons. The predicted octanol–water partition coefficient (Wildman–Crippen LogP) is 3.71. The zero-order chi connectivity index (χ0) is 19.7. The standard InChI is InChI=1S/C21H18FN5O/c1-12-16-7-14(8-25-21(28)17-10-23-11-26-13(17)2)3-5-18(16)27-20(12)19-6-4-15(22)9-24-19/h3-7,9-11,27H,8H2,1-2H3,(H,25,28). The van der Waals surface area contributed by atoms with Crippen LogP contribution in [-0.4, -0.2) is 25.8 Å². The Kier molecular flexibility index (Phi) is 4.57. The van der Waals surface area contributed by atoms with Gasteiger partial charge in [0, 0.05) is 23.6 Å².